The lowest BCUT2D eigenvalue weighted by molar-refractivity contribution is 0.104. The van der Waals surface area contributed by atoms with Crippen LogP contribution in [0, 0.1) is 5.82 Å². The highest BCUT2D eigenvalue weighted by Gasteiger charge is 2.26. The average Bonchev–Trinajstić information content (AvgIpc) is 2.20. The number of hydrogen-bond acceptors (Lipinski definition) is 2. The van der Waals surface area contributed by atoms with Gasteiger partial charge in [0.25, 0.3) is 0 Å². The number of rotatable bonds is 1. The van der Waals surface area contributed by atoms with Crippen molar-refractivity contribution < 1.29 is 9.50 Å². The van der Waals surface area contributed by atoms with E-state index in [9.17, 15) is 9.50 Å². The van der Waals surface area contributed by atoms with E-state index in [4.69, 9.17) is 0 Å². The van der Waals surface area contributed by atoms with Crippen LogP contribution in [-0.2, 0) is 0 Å². The molecule has 0 radical (unpaired) electrons. The summed E-state index contributed by atoms with van der Waals surface area (Å²) in [4.78, 5) is 3.71. The van der Waals surface area contributed by atoms with Crippen molar-refractivity contribution in [3.63, 3.8) is 0 Å². The number of halogens is 1. The third kappa shape index (κ3) is 1.77. The number of nitrogens with zero attached hydrogens (tertiary/aromatic N) is 1. The maximum absolute atomic E-state index is 13.4. The molecular weight excluding hydrogens is 181 g/mol. The van der Waals surface area contributed by atoms with E-state index < -0.39 is 0 Å². The smallest absolute Gasteiger partial charge is 0.145 e. The van der Waals surface area contributed by atoms with Gasteiger partial charge < -0.3 is 5.11 Å². The summed E-state index contributed by atoms with van der Waals surface area (Å²) in [6.45, 7) is 0. The molecule has 14 heavy (non-hydrogen) atoms. The summed E-state index contributed by atoms with van der Waals surface area (Å²) in [6, 6.07) is 1.68. The van der Waals surface area contributed by atoms with Crippen molar-refractivity contribution in [1.29, 1.82) is 0 Å². The van der Waals surface area contributed by atoms with Crippen LogP contribution in [0.1, 0.15) is 37.2 Å². The Bertz CT molecular complexity index is 316. The fraction of sp³-hybridized carbons (Fsp3) is 0.545. The maximum Gasteiger partial charge on any atom is 0.145 e. The maximum atomic E-state index is 13.4. The lowest BCUT2D eigenvalue weighted by atomic mass is 9.82. The second-order valence-corrected chi connectivity index (χ2v) is 3.86. The molecule has 1 aromatic heterocycles. The van der Waals surface area contributed by atoms with Gasteiger partial charge in [0, 0.05) is 12.1 Å². The molecule has 1 saturated carbocycles. The molecule has 2 unspecified atom stereocenters. The van der Waals surface area contributed by atoms with Crippen molar-refractivity contribution in [1.82, 2.24) is 4.98 Å². The zero-order valence-corrected chi connectivity index (χ0v) is 7.99. The largest absolute Gasteiger partial charge is 0.392 e. The molecule has 0 spiro atoms. The summed E-state index contributed by atoms with van der Waals surface area (Å²) in [7, 11) is 0. The lowest BCUT2D eigenvalue weighted by Gasteiger charge is -2.27. The van der Waals surface area contributed by atoms with Gasteiger partial charge in [-0.15, -0.1) is 0 Å². The summed E-state index contributed by atoms with van der Waals surface area (Å²) in [6.07, 6.45) is 6.19. The quantitative estimate of drug-likeness (QED) is 0.745. The highest BCUT2D eigenvalue weighted by atomic mass is 19.1. The van der Waals surface area contributed by atoms with Gasteiger partial charge in [-0.05, 0) is 24.5 Å². The topological polar surface area (TPSA) is 33.1 Å². The third-order valence-electron chi connectivity index (χ3n) is 2.93. The molecule has 0 amide bonds. The van der Waals surface area contributed by atoms with Crippen LogP contribution in [0.5, 0.6) is 0 Å². The predicted molar refractivity (Wildman–Crippen MR) is 51.4 cm³/mol. The van der Waals surface area contributed by atoms with Gasteiger partial charge in [-0.25, -0.2) is 4.39 Å². The minimum absolute atomic E-state index is 0.0354. The van der Waals surface area contributed by atoms with Crippen LogP contribution in [0.2, 0.25) is 0 Å². The average molecular weight is 195 g/mol. The minimum atomic E-state index is -0.388. The second-order valence-electron chi connectivity index (χ2n) is 3.86. The Hall–Kier alpha value is -0.960. The standard InChI is InChI=1S/C11H14FNO/c12-10-7-13-6-5-8(10)9-3-1-2-4-11(9)14/h5-7,9,11,14H,1-4H2. The first-order valence-corrected chi connectivity index (χ1v) is 5.06. The monoisotopic (exact) mass is 195 g/mol. The molecule has 2 atom stereocenters. The van der Waals surface area contributed by atoms with Crippen LogP contribution in [0.4, 0.5) is 4.39 Å². The van der Waals surface area contributed by atoms with Crippen LogP contribution in [0.3, 0.4) is 0 Å². The molecule has 2 rings (SSSR count). The second kappa shape index (κ2) is 4.05. The van der Waals surface area contributed by atoms with Gasteiger partial charge >= 0.3 is 0 Å². The van der Waals surface area contributed by atoms with E-state index in [1.54, 1.807) is 12.3 Å². The van der Waals surface area contributed by atoms with E-state index in [0.29, 0.717) is 5.56 Å². The summed E-state index contributed by atoms with van der Waals surface area (Å²) in [5.41, 5.74) is 0.618. The van der Waals surface area contributed by atoms with Gasteiger partial charge in [0.2, 0.25) is 0 Å². The van der Waals surface area contributed by atoms with E-state index in [1.165, 1.54) is 6.20 Å². The van der Waals surface area contributed by atoms with Crippen molar-refractivity contribution in [2.45, 2.75) is 37.7 Å². The van der Waals surface area contributed by atoms with Crippen molar-refractivity contribution in [2.75, 3.05) is 0 Å². The third-order valence-corrected chi connectivity index (χ3v) is 2.93. The molecule has 1 N–H and O–H groups in total. The van der Waals surface area contributed by atoms with Gasteiger partial charge in [0.15, 0.2) is 0 Å². The number of aliphatic hydroxyl groups is 1. The van der Waals surface area contributed by atoms with Gasteiger partial charge in [-0.3, -0.25) is 4.98 Å². The van der Waals surface area contributed by atoms with Crippen LogP contribution < -0.4 is 0 Å². The van der Waals surface area contributed by atoms with Crippen LogP contribution in [0.25, 0.3) is 0 Å². The fourth-order valence-electron chi connectivity index (χ4n) is 2.16. The Morgan fingerprint density at radius 2 is 2.14 bits per heavy atom. The summed E-state index contributed by atoms with van der Waals surface area (Å²) in [5.74, 6) is -0.329. The van der Waals surface area contributed by atoms with E-state index >= 15 is 0 Å². The van der Waals surface area contributed by atoms with Crippen LogP contribution >= 0.6 is 0 Å². The van der Waals surface area contributed by atoms with Crippen molar-refractivity contribution in [2.24, 2.45) is 0 Å². The first-order valence-electron chi connectivity index (χ1n) is 5.06. The van der Waals surface area contributed by atoms with Crippen molar-refractivity contribution >= 4 is 0 Å². The molecule has 0 saturated heterocycles. The van der Waals surface area contributed by atoms with Gasteiger partial charge in [-0.1, -0.05) is 12.8 Å². The molecule has 0 aromatic carbocycles. The number of aliphatic hydroxyl groups excluding tert-OH is 1. The predicted octanol–water partition coefficient (Wildman–Crippen LogP) is 2.24. The summed E-state index contributed by atoms with van der Waals surface area (Å²) < 4.78 is 13.4. The molecule has 1 fully saturated rings. The van der Waals surface area contributed by atoms with Gasteiger partial charge in [0.05, 0.1) is 12.3 Å². The SMILES string of the molecule is OC1CCCCC1c1ccncc1F. The molecular formula is C11H14FNO. The Morgan fingerprint density at radius 1 is 1.36 bits per heavy atom. The fourth-order valence-corrected chi connectivity index (χ4v) is 2.16. The number of pyridine rings is 1. The van der Waals surface area contributed by atoms with Gasteiger partial charge in [0.1, 0.15) is 5.82 Å². The van der Waals surface area contributed by atoms with E-state index in [0.717, 1.165) is 25.7 Å². The Morgan fingerprint density at radius 3 is 2.86 bits per heavy atom. The van der Waals surface area contributed by atoms with E-state index in [-0.39, 0.29) is 17.8 Å². The molecule has 0 aliphatic heterocycles. The molecule has 3 heteroatoms. The molecule has 1 aliphatic rings. The summed E-state index contributed by atoms with van der Waals surface area (Å²) >= 11 is 0. The van der Waals surface area contributed by atoms with Crippen LogP contribution in [0.15, 0.2) is 18.5 Å². The van der Waals surface area contributed by atoms with E-state index in [2.05, 4.69) is 4.98 Å². The molecule has 2 nitrogen and oxygen atoms in total. The first kappa shape index (κ1) is 9.59. The Kier molecular flexibility index (Phi) is 2.77. The first-order chi connectivity index (χ1) is 6.79. The Labute approximate surface area is 82.8 Å². The highest BCUT2D eigenvalue weighted by molar-refractivity contribution is 5.20. The van der Waals surface area contributed by atoms with Crippen molar-refractivity contribution in [3.05, 3.63) is 29.8 Å². The molecule has 1 heterocycles. The van der Waals surface area contributed by atoms with Crippen LogP contribution in [-0.4, -0.2) is 16.2 Å². The highest BCUT2D eigenvalue weighted by Crippen LogP contribution is 2.33. The Balaban J connectivity index is 2.25. The normalized spacial score (nSPS) is 27.6. The molecule has 1 aromatic rings. The van der Waals surface area contributed by atoms with Gasteiger partial charge in [-0.2, -0.15) is 0 Å². The zero-order valence-electron chi connectivity index (χ0n) is 7.99. The number of aromatic nitrogens is 1. The van der Waals surface area contributed by atoms with Crippen molar-refractivity contribution in [3.8, 4) is 0 Å². The zero-order chi connectivity index (χ0) is 9.97. The molecule has 0 bridgehead atoms. The molecule has 1 aliphatic carbocycles. The minimum Gasteiger partial charge on any atom is -0.392 e. The molecule has 76 valence electrons. The van der Waals surface area contributed by atoms with E-state index in [1.807, 2.05) is 0 Å². The number of hydrogen-bond donors (Lipinski definition) is 1. The summed E-state index contributed by atoms with van der Waals surface area (Å²) in [5, 5.41) is 9.76. The lowest BCUT2D eigenvalue weighted by Crippen LogP contribution is -2.23.